The lowest BCUT2D eigenvalue weighted by atomic mass is 9.86. The first kappa shape index (κ1) is 17.7. The lowest BCUT2D eigenvalue weighted by molar-refractivity contribution is -0.183. The van der Waals surface area contributed by atoms with Crippen LogP contribution in [-0.2, 0) is 10.0 Å². The average molecular weight is 350 g/mol. The van der Waals surface area contributed by atoms with Gasteiger partial charge in [0, 0.05) is 11.6 Å². The SMILES string of the molecule is NC(=O)c1ccc(S(=O)(=O)N[C@@H]2CCC[C@@H](C(F)(F)F)C2)cc1. The maximum Gasteiger partial charge on any atom is 0.391 e. The number of sulfonamides is 1. The molecule has 1 aromatic rings. The molecular formula is C14H17F3N2O3S. The number of nitrogens with two attached hydrogens (primary N) is 1. The molecule has 0 bridgehead atoms. The first-order valence-electron chi connectivity index (χ1n) is 7.08. The third-order valence-electron chi connectivity index (χ3n) is 3.91. The van der Waals surface area contributed by atoms with Gasteiger partial charge < -0.3 is 5.73 Å². The minimum absolute atomic E-state index is 0.0229. The third-order valence-corrected chi connectivity index (χ3v) is 5.44. The number of rotatable bonds is 4. The average Bonchev–Trinajstić information content (AvgIpc) is 2.46. The number of halogens is 3. The summed E-state index contributed by atoms with van der Waals surface area (Å²) < 4.78 is 65.1. The van der Waals surface area contributed by atoms with Gasteiger partial charge in [0.15, 0.2) is 0 Å². The Morgan fingerprint density at radius 1 is 1.17 bits per heavy atom. The molecule has 1 saturated carbocycles. The van der Waals surface area contributed by atoms with Crippen molar-refractivity contribution in [1.29, 1.82) is 0 Å². The van der Waals surface area contributed by atoms with E-state index in [1.807, 2.05) is 0 Å². The van der Waals surface area contributed by atoms with E-state index in [-0.39, 0.29) is 23.3 Å². The molecule has 1 fully saturated rings. The fraction of sp³-hybridized carbons (Fsp3) is 0.500. The number of primary amides is 1. The lowest BCUT2D eigenvalue weighted by Crippen LogP contribution is -2.41. The smallest absolute Gasteiger partial charge is 0.366 e. The molecule has 23 heavy (non-hydrogen) atoms. The van der Waals surface area contributed by atoms with Crippen LogP contribution in [0.2, 0.25) is 0 Å². The zero-order chi connectivity index (χ0) is 17.3. The van der Waals surface area contributed by atoms with Crippen LogP contribution in [0.1, 0.15) is 36.0 Å². The van der Waals surface area contributed by atoms with Crippen LogP contribution in [0, 0.1) is 5.92 Å². The van der Waals surface area contributed by atoms with Crippen molar-refractivity contribution >= 4 is 15.9 Å². The first-order chi connectivity index (χ1) is 10.6. The number of carbonyl (C=O) groups excluding carboxylic acids is 1. The first-order valence-corrected chi connectivity index (χ1v) is 8.57. The second kappa shape index (κ2) is 6.48. The van der Waals surface area contributed by atoms with Gasteiger partial charge in [0.1, 0.15) is 0 Å². The van der Waals surface area contributed by atoms with E-state index in [2.05, 4.69) is 4.72 Å². The second-order valence-corrected chi connectivity index (χ2v) is 7.33. The number of hydrogen-bond donors (Lipinski definition) is 2. The molecule has 0 aromatic heterocycles. The molecule has 0 saturated heterocycles. The summed E-state index contributed by atoms with van der Waals surface area (Å²) in [6, 6.07) is 4.17. The summed E-state index contributed by atoms with van der Waals surface area (Å²) in [5.41, 5.74) is 5.22. The van der Waals surface area contributed by atoms with E-state index in [1.165, 1.54) is 24.3 Å². The zero-order valence-electron chi connectivity index (χ0n) is 12.1. The Morgan fingerprint density at radius 2 is 1.78 bits per heavy atom. The van der Waals surface area contributed by atoms with Crippen molar-refractivity contribution in [3.05, 3.63) is 29.8 Å². The van der Waals surface area contributed by atoms with Crippen LogP contribution in [0.25, 0.3) is 0 Å². The van der Waals surface area contributed by atoms with E-state index in [4.69, 9.17) is 5.73 Å². The van der Waals surface area contributed by atoms with E-state index in [0.29, 0.717) is 12.8 Å². The van der Waals surface area contributed by atoms with E-state index < -0.39 is 34.1 Å². The molecule has 2 atom stereocenters. The summed E-state index contributed by atoms with van der Waals surface area (Å²) in [6.45, 7) is 0. The molecule has 1 amide bonds. The van der Waals surface area contributed by atoms with Crippen molar-refractivity contribution in [2.24, 2.45) is 11.7 Å². The van der Waals surface area contributed by atoms with Crippen molar-refractivity contribution in [3.63, 3.8) is 0 Å². The van der Waals surface area contributed by atoms with E-state index in [1.54, 1.807) is 0 Å². The van der Waals surface area contributed by atoms with Gasteiger partial charge in [-0.05, 0) is 43.5 Å². The second-order valence-electron chi connectivity index (χ2n) is 5.61. The largest absolute Gasteiger partial charge is 0.391 e. The van der Waals surface area contributed by atoms with Crippen LogP contribution < -0.4 is 10.5 Å². The molecule has 1 aliphatic rings. The van der Waals surface area contributed by atoms with Crippen LogP contribution in [-0.4, -0.2) is 26.5 Å². The van der Waals surface area contributed by atoms with E-state index in [9.17, 15) is 26.4 Å². The Morgan fingerprint density at radius 3 is 2.30 bits per heavy atom. The molecule has 2 rings (SSSR count). The molecule has 9 heteroatoms. The van der Waals surface area contributed by atoms with Gasteiger partial charge in [-0.1, -0.05) is 6.42 Å². The summed E-state index contributed by atoms with van der Waals surface area (Å²) in [7, 11) is -3.94. The number of nitrogens with one attached hydrogen (secondary N) is 1. The van der Waals surface area contributed by atoms with Gasteiger partial charge in [-0.3, -0.25) is 4.79 Å². The van der Waals surface area contributed by atoms with Crippen molar-refractivity contribution in [1.82, 2.24) is 4.72 Å². The number of hydrogen-bond acceptors (Lipinski definition) is 3. The van der Waals surface area contributed by atoms with Crippen LogP contribution in [0.5, 0.6) is 0 Å². The summed E-state index contributed by atoms with van der Waals surface area (Å²) >= 11 is 0. The monoisotopic (exact) mass is 350 g/mol. The third kappa shape index (κ3) is 4.44. The number of carbonyl (C=O) groups is 1. The van der Waals surface area contributed by atoms with Crippen LogP contribution >= 0.6 is 0 Å². The quantitative estimate of drug-likeness (QED) is 0.872. The molecule has 0 aliphatic heterocycles. The predicted molar refractivity (Wildman–Crippen MR) is 77.1 cm³/mol. The zero-order valence-corrected chi connectivity index (χ0v) is 13.0. The van der Waals surface area contributed by atoms with Crippen molar-refractivity contribution in [2.75, 3.05) is 0 Å². The highest BCUT2D eigenvalue weighted by Gasteiger charge is 2.42. The number of alkyl halides is 3. The molecular weight excluding hydrogens is 333 g/mol. The van der Waals surface area contributed by atoms with Gasteiger partial charge in [0.2, 0.25) is 15.9 Å². The molecule has 5 nitrogen and oxygen atoms in total. The van der Waals surface area contributed by atoms with Crippen molar-refractivity contribution in [2.45, 2.75) is 42.8 Å². The van der Waals surface area contributed by atoms with Crippen molar-refractivity contribution < 1.29 is 26.4 Å². The molecule has 3 N–H and O–H groups in total. The highest BCUT2D eigenvalue weighted by atomic mass is 32.2. The Balaban J connectivity index is 2.10. The van der Waals surface area contributed by atoms with Gasteiger partial charge in [-0.2, -0.15) is 13.2 Å². The number of amides is 1. The van der Waals surface area contributed by atoms with Gasteiger partial charge in [-0.25, -0.2) is 13.1 Å². The lowest BCUT2D eigenvalue weighted by Gasteiger charge is -2.30. The number of benzene rings is 1. The Hall–Kier alpha value is -1.61. The molecule has 1 aromatic carbocycles. The summed E-state index contributed by atoms with van der Waals surface area (Å²) in [6.07, 6.45) is -3.87. The summed E-state index contributed by atoms with van der Waals surface area (Å²) in [5.74, 6) is -2.18. The standard InChI is InChI=1S/C14H17F3N2O3S/c15-14(16,17)10-2-1-3-11(8-10)19-23(21,22)12-6-4-9(5-7-12)13(18)20/h4-7,10-11,19H,1-3,8H2,(H2,18,20)/t10-,11-/m1/s1. The Labute approximate surface area is 132 Å². The summed E-state index contributed by atoms with van der Waals surface area (Å²) in [4.78, 5) is 10.8. The van der Waals surface area contributed by atoms with Crippen molar-refractivity contribution in [3.8, 4) is 0 Å². The van der Waals surface area contributed by atoms with Gasteiger partial charge >= 0.3 is 6.18 Å². The van der Waals surface area contributed by atoms with Crippen LogP contribution in [0.15, 0.2) is 29.2 Å². The Bertz CT molecular complexity index is 672. The fourth-order valence-corrected chi connectivity index (χ4v) is 3.96. The van der Waals surface area contributed by atoms with Gasteiger partial charge in [0.25, 0.3) is 0 Å². The molecule has 0 spiro atoms. The van der Waals surface area contributed by atoms with Crippen LogP contribution in [0.3, 0.4) is 0 Å². The Kier molecular flexibility index (Phi) is 5.00. The van der Waals surface area contributed by atoms with Gasteiger partial charge in [0.05, 0.1) is 10.8 Å². The molecule has 0 unspecified atom stereocenters. The highest BCUT2D eigenvalue weighted by Crippen LogP contribution is 2.37. The minimum atomic E-state index is -4.31. The maximum atomic E-state index is 12.8. The fourth-order valence-electron chi connectivity index (χ4n) is 2.68. The molecule has 0 radical (unpaired) electrons. The summed E-state index contributed by atoms with van der Waals surface area (Å²) in [5, 5.41) is 0. The molecule has 0 heterocycles. The van der Waals surface area contributed by atoms with Crippen LogP contribution in [0.4, 0.5) is 13.2 Å². The van der Waals surface area contributed by atoms with E-state index in [0.717, 1.165) is 0 Å². The highest BCUT2D eigenvalue weighted by molar-refractivity contribution is 7.89. The van der Waals surface area contributed by atoms with E-state index >= 15 is 0 Å². The molecule has 1 aliphatic carbocycles. The maximum absolute atomic E-state index is 12.8. The minimum Gasteiger partial charge on any atom is -0.366 e. The molecule has 128 valence electrons. The topological polar surface area (TPSA) is 89.3 Å². The normalized spacial score (nSPS) is 22.7. The predicted octanol–water partition coefficient (Wildman–Crippen LogP) is 2.18. The van der Waals surface area contributed by atoms with Gasteiger partial charge in [-0.15, -0.1) is 0 Å².